The van der Waals surface area contributed by atoms with E-state index in [1.54, 1.807) is 23.1 Å². The van der Waals surface area contributed by atoms with E-state index >= 15 is 0 Å². The van der Waals surface area contributed by atoms with E-state index in [0.717, 1.165) is 17.3 Å². The van der Waals surface area contributed by atoms with E-state index in [-0.39, 0.29) is 17.8 Å². The number of hydrogen-bond acceptors (Lipinski definition) is 5. The number of hydrogen-bond donors (Lipinski definition) is 2. The molecule has 2 N–H and O–H groups in total. The van der Waals surface area contributed by atoms with Crippen molar-refractivity contribution in [3.05, 3.63) is 64.1 Å². The minimum Gasteiger partial charge on any atom is -0.480 e. The van der Waals surface area contributed by atoms with E-state index in [4.69, 9.17) is 35.4 Å². The number of thioether (sulfide) groups is 2. The molecule has 0 saturated carbocycles. The summed E-state index contributed by atoms with van der Waals surface area (Å²) in [5.74, 6) is -0.798. The van der Waals surface area contributed by atoms with Crippen molar-refractivity contribution in [3.8, 4) is 0 Å². The lowest BCUT2D eigenvalue weighted by Crippen LogP contribution is -2.74. The molecule has 2 aromatic carbocycles. The Bertz CT molecular complexity index is 1040. The molecule has 1 amide bonds. The Kier molecular flexibility index (Phi) is 6.74. The van der Waals surface area contributed by atoms with Gasteiger partial charge in [-0.3, -0.25) is 9.59 Å². The summed E-state index contributed by atoms with van der Waals surface area (Å²) in [5.41, 5.74) is 1.07. The maximum Gasteiger partial charge on any atom is 0.322 e. The zero-order chi connectivity index (χ0) is 22.2. The summed E-state index contributed by atoms with van der Waals surface area (Å²) in [6, 6.07) is 14.3. The van der Waals surface area contributed by atoms with Crippen LogP contribution >= 0.6 is 58.9 Å². The molecule has 2 saturated heterocycles. The van der Waals surface area contributed by atoms with E-state index in [9.17, 15) is 14.7 Å². The van der Waals surface area contributed by atoms with Gasteiger partial charge in [0.05, 0.1) is 10.0 Å². The lowest BCUT2D eigenvalue weighted by molar-refractivity contribution is -0.149. The fourth-order valence-electron chi connectivity index (χ4n) is 3.56. The van der Waals surface area contributed by atoms with Crippen molar-refractivity contribution in [2.24, 2.45) is 0 Å². The molecule has 1 unspecified atom stereocenters. The van der Waals surface area contributed by atoms with Crippen molar-refractivity contribution in [1.29, 1.82) is 0 Å². The maximum absolute atomic E-state index is 12.8. The quantitative estimate of drug-likeness (QED) is 0.440. The molecule has 0 aliphatic carbocycles. The van der Waals surface area contributed by atoms with Crippen LogP contribution in [0.25, 0.3) is 0 Å². The molecule has 10 heteroatoms. The van der Waals surface area contributed by atoms with Gasteiger partial charge in [0.1, 0.15) is 16.2 Å². The molecule has 3 atom stereocenters. The van der Waals surface area contributed by atoms with E-state index in [1.807, 2.05) is 30.3 Å². The molecule has 0 spiro atoms. The Balaban J connectivity index is 1.44. The molecule has 2 heterocycles. The molecule has 162 valence electrons. The highest BCUT2D eigenvalue weighted by atomic mass is 35.5. The minimum atomic E-state index is -1.21. The third kappa shape index (κ3) is 4.68. The summed E-state index contributed by atoms with van der Waals surface area (Å²) >= 11 is 20.3. The fourth-order valence-corrected chi connectivity index (χ4v) is 7.22. The predicted molar refractivity (Wildman–Crippen MR) is 130 cm³/mol. The van der Waals surface area contributed by atoms with Crippen LogP contribution in [0.15, 0.2) is 53.4 Å². The minimum absolute atomic E-state index is 0.0932. The van der Waals surface area contributed by atoms with Crippen LogP contribution < -0.4 is 5.32 Å². The number of thiocarbonyl (C=S) groups is 1. The highest BCUT2D eigenvalue weighted by molar-refractivity contribution is 8.05. The van der Waals surface area contributed by atoms with E-state index < -0.39 is 16.8 Å². The molecule has 2 aliphatic rings. The first kappa shape index (κ1) is 22.7. The molecule has 4 rings (SSSR count). The van der Waals surface area contributed by atoms with Crippen LogP contribution in [0.1, 0.15) is 5.56 Å². The van der Waals surface area contributed by atoms with Gasteiger partial charge in [0.25, 0.3) is 0 Å². The summed E-state index contributed by atoms with van der Waals surface area (Å²) in [4.78, 5) is 27.8. The molecule has 2 aliphatic heterocycles. The normalized spacial score (nSPS) is 24.8. The zero-order valence-electron chi connectivity index (χ0n) is 16.1. The molecule has 2 aromatic rings. The number of fused-ring (bicyclic) bond motifs is 1. The third-order valence-corrected chi connectivity index (χ3v) is 9.21. The number of halogens is 2. The number of carboxylic acid groups (broad SMARTS) is 1. The highest BCUT2D eigenvalue weighted by Gasteiger charge is 2.57. The van der Waals surface area contributed by atoms with Gasteiger partial charge in [-0.25, -0.2) is 0 Å². The number of nitrogens with zero attached hydrogens (tertiary/aromatic N) is 1. The summed E-state index contributed by atoms with van der Waals surface area (Å²) in [5, 5.41) is 13.9. The smallest absolute Gasteiger partial charge is 0.322 e. The highest BCUT2D eigenvalue weighted by Crippen LogP contribution is 2.48. The lowest BCUT2D eigenvalue weighted by Gasteiger charge is -2.53. The molecule has 5 nitrogen and oxygen atoms in total. The van der Waals surface area contributed by atoms with Crippen LogP contribution in [0.2, 0.25) is 10.0 Å². The second-order valence-electron chi connectivity index (χ2n) is 7.35. The summed E-state index contributed by atoms with van der Waals surface area (Å²) < 4.78 is -1.21. The number of β-lactam (4-membered cyclic amide) rings is 1. The average Bonchev–Trinajstić information content (AvgIpc) is 2.75. The van der Waals surface area contributed by atoms with Crippen LogP contribution in [0.5, 0.6) is 0 Å². The number of amides is 1. The number of benzene rings is 2. The number of aliphatic carboxylic acids is 1. The Morgan fingerprint density at radius 3 is 2.74 bits per heavy atom. The average molecular weight is 513 g/mol. The van der Waals surface area contributed by atoms with Gasteiger partial charge in [-0.2, -0.15) is 0 Å². The maximum atomic E-state index is 12.8. The molecule has 0 bridgehead atoms. The van der Waals surface area contributed by atoms with Crippen LogP contribution in [-0.4, -0.2) is 55.3 Å². The molecule has 0 radical (unpaired) electrons. The van der Waals surface area contributed by atoms with Crippen LogP contribution in [0.4, 0.5) is 0 Å². The first-order valence-electron chi connectivity index (χ1n) is 9.42. The van der Waals surface area contributed by atoms with E-state index in [1.165, 1.54) is 11.8 Å². The van der Waals surface area contributed by atoms with Crippen LogP contribution in [0.3, 0.4) is 0 Å². The number of carboxylic acids is 1. The van der Waals surface area contributed by atoms with Crippen molar-refractivity contribution in [3.63, 3.8) is 0 Å². The number of rotatable bonds is 6. The van der Waals surface area contributed by atoms with Gasteiger partial charge < -0.3 is 15.3 Å². The van der Waals surface area contributed by atoms with Crippen molar-refractivity contribution < 1.29 is 14.7 Å². The first-order chi connectivity index (χ1) is 14.8. The van der Waals surface area contributed by atoms with Gasteiger partial charge in [0, 0.05) is 28.6 Å². The largest absolute Gasteiger partial charge is 0.480 e. The van der Waals surface area contributed by atoms with Gasteiger partial charge in [0.2, 0.25) is 5.91 Å². The monoisotopic (exact) mass is 512 g/mol. The Morgan fingerprint density at radius 2 is 2.03 bits per heavy atom. The van der Waals surface area contributed by atoms with Crippen LogP contribution in [-0.2, 0) is 16.0 Å². The van der Waals surface area contributed by atoms with Crippen molar-refractivity contribution in [2.45, 2.75) is 27.5 Å². The molecule has 2 fully saturated rings. The molecular formula is C21H18Cl2N2O3S3. The standard InChI is InChI=1S/C21H18Cl2N2O3S3/c22-13-6-7-14(23)15(9-13)31-21(20(27)28)10-25-18(26)17(19(25)30-11-21)24-16(29)8-12-4-2-1-3-5-12/h1-7,9,17,19H,8,10-11H2,(H,24,29)(H,27,28)/t17-,19-,21?/m1/s1. The summed E-state index contributed by atoms with van der Waals surface area (Å²) in [6.07, 6.45) is 0.555. The van der Waals surface area contributed by atoms with Gasteiger partial charge in [0.15, 0.2) is 0 Å². The van der Waals surface area contributed by atoms with E-state index in [2.05, 4.69) is 5.32 Å². The molecule has 0 aromatic heterocycles. The van der Waals surface area contributed by atoms with Crippen molar-refractivity contribution in [2.75, 3.05) is 12.3 Å². The second-order valence-corrected chi connectivity index (χ2v) is 11.2. The summed E-state index contributed by atoms with van der Waals surface area (Å²) in [6.45, 7) is 0.0932. The lowest BCUT2D eigenvalue weighted by atomic mass is 10.0. The fraction of sp³-hybridized carbons (Fsp3) is 0.286. The Hall–Kier alpha value is -1.45. The van der Waals surface area contributed by atoms with Gasteiger partial charge in [-0.15, -0.1) is 23.5 Å². The second kappa shape index (κ2) is 9.19. The van der Waals surface area contributed by atoms with Crippen LogP contribution in [0, 0.1) is 0 Å². The topological polar surface area (TPSA) is 69.6 Å². The Morgan fingerprint density at radius 1 is 1.29 bits per heavy atom. The first-order valence-corrected chi connectivity index (χ1v) is 12.4. The molecule has 31 heavy (non-hydrogen) atoms. The summed E-state index contributed by atoms with van der Waals surface area (Å²) in [7, 11) is 0. The van der Waals surface area contributed by atoms with Gasteiger partial charge in [-0.05, 0) is 23.8 Å². The third-order valence-electron chi connectivity index (χ3n) is 5.17. The van der Waals surface area contributed by atoms with Crippen molar-refractivity contribution in [1.82, 2.24) is 10.2 Å². The Labute approximate surface area is 203 Å². The zero-order valence-corrected chi connectivity index (χ0v) is 20.0. The van der Waals surface area contributed by atoms with E-state index in [0.29, 0.717) is 32.1 Å². The van der Waals surface area contributed by atoms with Gasteiger partial charge >= 0.3 is 5.97 Å². The van der Waals surface area contributed by atoms with Crippen molar-refractivity contribution >= 4 is 75.8 Å². The number of carbonyl (C=O) groups is 2. The SMILES string of the molecule is O=C1[C@@H](NC(=S)Cc2ccccc2)[C@H]2SCC(Sc3cc(Cl)ccc3Cl)(C(=O)O)CN12. The predicted octanol–water partition coefficient (Wildman–Crippen LogP) is 4.35. The molecular weight excluding hydrogens is 495 g/mol. The number of carbonyl (C=O) groups excluding carboxylic acids is 1. The number of nitrogens with one attached hydrogen (secondary N) is 1. The van der Waals surface area contributed by atoms with Gasteiger partial charge in [-0.1, -0.05) is 65.8 Å².